The molecule has 2 atom stereocenters. The van der Waals surface area contributed by atoms with Gasteiger partial charge in [0.25, 0.3) is 0 Å². The Balaban J connectivity index is 1.67. The van der Waals surface area contributed by atoms with Crippen LogP contribution in [0.15, 0.2) is 24.3 Å². The first-order valence-electron chi connectivity index (χ1n) is 7.99. The number of piperidine rings is 1. The third kappa shape index (κ3) is 3.58. The predicted molar refractivity (Wildman–Crippen MR) is 85.4 cm³/mol. The van der Waals surface area contributed by atoms with Crippen LogP contribution in [0.4, 0.5) is 0 Å². The number of hydrogen-bond donors (Lipinski definition) is 1. The fourth-order valence-corrected chi connectivity index (χ4v) is 3.79. The molecule has 3 rings (SSSR count). The lowest BCUT2D eigenvalue weighted by Crippen LogP contribution is -2.36. The Morgan fingerprint density at radius 3 is 3.00 bits per heavy atom. The monoisotopic (exact) mass is 306 g/mol. The van der Waals surface area contributed by atoms with Crippen molar-refractivity contribution in [3.63, 3.8) is 0 Å². The first-order chi connectivity index (χ1) is 10.2. The van der Waals surface area contributed by atoms with Gasteiger partial charge < -0.3 is 10.2 Å². The molecule has 3 nitrogen and oxygen atoms in total. The highest BCUT2D eigenvalue weighted by Crippen LogP contribution is 2.34. The van der Waals surface area contributed by atoms with Gasteiger partial charge in [0.2, 0.25) is 5.91 Å². The second-order valence-electron chi connectivity index (χ2n) is 6.22. The van der Waals surface area contributed by atoms with E-state index in [9.17, 15) is 4.79 Å². The van der Waals surface area contributed by atoms with Crippen LogP contribution < -0.4 is 5.32 Å². The second kappa shape index (κ2) is 6.80. The van der Waals surface area contributed by atoms with Gasteiger partial charge in [-0.05, 0) is 62.4 Å². The number of benzene rings is 1. The van der Waals surface area contributed by atoms with Gasteiger partial charge in [-0.15, -0.1) is 0 Å². The summed E-state index contributed by atoms with van der Waals surface area (Å²) in [5.41, 5.74) is 1.18. The summed E-state index contributed by atoms with van der Waals surface area (Å²) >= 11 is 6.09. The first kappa shape index (κ1) is 14.9. The van der Waals surface area contributed by atoms with E-state index in [4.69, 9.17) is 11.6 Å². The molecule has 0 aliphatic carbocycles. The van der Waals surface area contributed by atoms with Crippen LogP contribution in [-0.2, 0) is 4.79 Å². The molecule has 0 saturated carbocycles. The summed E-state index contributed by atoms with van der Waals surface area (Å²) in [5, 5.41) is 4.15. The van der Waals surface area contributed by atoms with Gasteiger partial charge >= 0.3 is 0 Å². The second-order valence-corrected chi connectivity index (χ2v) is 6.65. The number of amides is 1. The molecule has 1 N–H and O–H groups in total. The average Bonchev–Trinajstić information content (AvgIpc) is 2.98. The minimum Gasteiger partial charge on any atom is -0.336 e. The lowest BCUT2D eigenvalue weighted by molar-refractivity contribution is -0.133. The lowest BCUT2D eigenvalue weighted by atomic mass is 9.95. The van der Waals surface area contributed by atoms with Crippen LogP contribution in [0.25, 0.3) is 0 Å². The molecule has 4 heteroatoms. The molecule has 1 aromatic carbocycles. The van der Waals surface area contributed by atoms with E-state index >= 15 is 0 Å². The van der Waals surface area contributed by atoms with Gasteiger partial charge in [-0.2, -0.15) is 0 Å². The van der Waals surface area contributed by atoms with Gasteiger partial charge in [0.15, 0.2) is 0 Å². The topological polar surface area (TPSA) is 32.3 Å². The molecule has 21 heavy (non-hydrogen) atoms. The van der Waals surface area contributed by atoms with Crippen LogP contribution in [0.5, 0.6) is 0 Å². The summed E-state index contributed by atoms with van der Waals surface area (Å²) in [4.78, 5) is 14.7. The maximum absolute atomic E-state index is 12.6. The Bertz CT molecular complexity index is 499. The van der Waals surface area contributed by atoms with Crippen molar-refractivity contribution >= 4 is 17.5 Å². The highest BCUT2D eigenvalue weighted by molar-refractivity contribution is 6.30. The zero-order chi connectivity index (χ0) is 14.7. The van der Waals surface area contributed by atoms with E-state index in [1.165, 1.54) is 18.4 Å². The van der Waals surface area contributed by atoms with Gasteiger partial charge in [0.1, 0.15) is 0 Å². The van der Waals surface area contributed by atoms with Crippen LogP contribution >= 0.6 is 11.6 Å². The van der Waals surface area contributed by atoms with Gasteiger partial charge in [-0.25, -0.2) is 0 Å². The van der Waals surface area contributed by atoms with Crippen molar-refractivity contribution in [1.82, 2.24) is 10.2 Å². The zero-order valence-electron chi connectivity index (χ0n) is 12.4. The normalized spacial score (nSPS) is 26.0. The molecule has 2 aliphatic rings. The molecule has 114 valence electrons. The standard InChI is InChI=1S/C17H23ClN2O/c18-15-6-1-5-14(11-15)16-7-3-9-20(16)17(21)10-13-4-2-8-19-12-13/h1,5-6,11,13,16,19H,2-4,7-10,12H2. The summed E-state index contributed by atoms with van der Waals surface area (Å²) in [7, 11) is 0. The molecule has 2 fully saturated rings. The number of carbonyl (C=O) groups excluding carboxylic acids is 1. The van der Waals surface area contributed by atoms with Crippen molar-refractivity contribution in [3.05, 3.63) is 34.9 Å². The fourth-order valence-electron chi connectivity index (χ4n) is 3.59. The molecule has 2 saturated heterocycles. The minimum absolute atomic E-state index is 0.216. The maximum atomic E-state index is 12.6. The molecular weight excluding hydrogens is 284 g/mol. The maximum Gasteiger partial charge on any atom is 0.223 e. The van der Waals surface area contributed by atoms with Crippen molar-refractivity contribution in [3.8, 4) is 0 Å². The lowest BCUT2D eigenvalue weighted by Gasteiger charge is -2.29. The van der Waals surface area contributed by atoms with Crippen LogP contribution in [0.1, 0.15) is 43.7 Å². The Labute approximate surface area is 131 Å². The summed E-state index contributed by atoms with van der Waals surface area (Å²) in [5.74, 6) is 0.818. The third-order valence-corrected chi connectivity index (χ3v) is 4.90. The first-order valence-corrected chi connectivity index (χ1v) is 8.37. The van der Waals surface area contributed by atoms with Crippen LogP contribution in [0.2, 0.25) is 5.02 Å². The summed E-state index contributed by atoms with van der Waals surface area (Å²) in [6.07, 6.45) is 5.19. The minimum atomic E-state index is 0.216. The molecule has 1 aromatic rings. The number of halogens is 1. The number of nitrogens with one attached hydrogen (secondary N) is 1. The highest BCUT2D eigenvalue weighted by atomic mass is 35.5. The van der Waals surface area contributed by atoms with E-state index in [-0.39, 0.29) is 6.04 Å². The number of likely N-dealkylation sites (tertiary alicyclic amines) is 1. The van der Waals surface area contributed by atoms with E-state index < -0.39 is 0 Å². The molecule has 0 aromatic heterocycles. The van der Waals surface area contributed by atoms with Crippen molar-refractivity contribution in [1.29, 1.82) is 0 Å². The van der Waals surface area contributed by atoms with Gasteiger partial charge in [0, 0.05) is 18.0 Å². The van der Waals surface area contributed by atoms with Crippen LogP contribution in [0, 0.1) is 5.92 Å². The summed E-state index contributed by atoms with van der Waals surface area (Å²) in [6, 6.07) is 8.17. The van der Waals surface area contributed by atoms with Crippen LogP contribution in [0.3, 0.4) is 0 Å². The van der Waals surface area contributed by atoms with Crippen molar-refractivity contribution in [2.75, 3.05) is 19.6 Å². The molecule has 2 aliphatic heterocycles. The quantitative estimate of drug-likeness (QED) is 0.928. The Kier molecular flexibility index (Phi) is 4.81. The SMILES string of the molecule is O=C(CC1CCCNC1)N1CCCC1c1cccc(Cl)c1. The number of rotatable bonds is 3. The zero-order valence-corrected chi connectivity index (χ0v) is 13.1. The Hall–Kier alpha value is -1.06. The Morgan fingerprint density at radius 2 is 2.24 bits per heavy atom. The smallest absolute Gasteiger partial charge is 0.223 e. The van der Waals surface area contributed by atoms with Crippen LogP contribution in [-0.4, -0.2) is 30.4 Å². The largest absolute Gasteiger partial charge is 0.336 e. The molecule has 1 amide bonds. The van der Waals surface area contributed by atoms with E-state index in [0.29, 0.717) is 18.2 Å². The summed E-state index contributed by atoms with van der Waals surface area (Å²) < 4.78 is 0. The molecule has 0 spiro atoms. The van der Waals surface area contributed by atoms with Gasteiger partial charge in [-0.3, -0.25) is 4.79 Å². The molecule has 2 heterocycles. The molecule has 0 radical (unpaired) electrons. The van der Waals surface area contributed by atoms with Gasteiger partial charge in [0.05, 0.1) is 6.04 Å². The van der Waals surface area contributed by atoms with E-state index in [1.54, 1.807) is 0 Å². The van der Waals surface area contributed by atoms with E-state index in [0.717, 1.165) is 37.5 Å². The number of nitrogens with zero attached hydrogens (tertiary/aromatic N) is 1. The van der Waals surface area contributed by atoms with E-state index in [1.807, 2.05) is 18.2 Å². The van der Waals surface area contributed by atoms with E-state index in [2.05, 4.69) is 16.3 Å². The van der Waals surface area contributed by atoms with Crippen molar-refractivity contribution in [2.45, 2.75) is 38.1 Å². The number of carbonyl (C=O) groups is 1. The van der Waals surface area contributed by atoms with Crippen molar-refractivity contribution < 1.29 is 4.79 Å². The highest BCUT2D eigenvalue weighted by Gasteiger charge is 2.31. The Morgan fingerprint density at radius 1 is 1.33 bits per heavy atom. The number of hydrogen-bond acceptors (Lipinski definition) is 2. The molecular formula is C17H23ClN2O. The van der Waals surface area contributed by atoms with Gasteiger partial charge in [-0.1, -0.05) is 23.7 Å². The molecule has 2 unspecified atom stereocenters. The van der Waals surface area contributed by atoms with Crippen molar-refractivity contribution in [2.24, 2.45) is 5.92 Å². The summed E-state index contributed by atoms with van der Waals surface area (Å²) in [6.45, 7) is 2.97. The predicted octanol–water partition coefficient (Wildman–Crippen LogP) is 3.39. The third-order valence-electron chi connectivity index (χ3n) is 4.67. The average molecular weight is 307 g/mol. The molecule has 0 bridgehead atoms. The fraction of sp³-hybridized carbons (Fsp3) is 0.588.